The molecule has 0 aliphatic rings. The van der Waals surface area contributed by atoms with Gasteiger partial charge in [0.2, 0.25) is 0 Å². The predicted octanol–water partition coefficient (Wildman–Crippen LogP) is 1.23. The van der Waals surface area contributed by atoms with Gasteiger partial charge < -0.3 is 14.6 Å². The number of alkyl halides is 3. The number of amides is 1. The van der Waals surface area contributed by atoms with E-state index in [2.05, 4.69) is 10.1 Å². The van der Waals surface area contributed by atoms with Crippen molar-refractivity contribution in [2.24, 2.45) is 14.1 Å². The van der Waals surface area contributed by atoms with Crippen LogP contribution in [0.5, 0.6) is 5.75 Å². The molecule has 1 aromatic heterocycles. The van der Waals surface area contributed by atoms with Crippen molar-refractivity contribution in [1.29, 1.82) is 0 Å². The summed E-state index contributed by atoms with van der Waals surface area (Å²) in [4.78, 5) is 35.7. The van der Waals surface area contributed by atoms with E-state index >= 15 is 0 Å². The maximum atomic E-state index is 12.2. The molecule has 0 bridgehead atoms. The Balaban J connectivity index is 2.30. The third-order valence-corrected chi connectivity index (χ3v) is 3.02. The second kappa shape index (κ2) is 6.22. The standard InChI is InChI=1S/C14H12F3N3O4/c1-19-7-10(12(22)20(2)13(19)23)11(21)18-8-4-3-5-9(6-8)24-14(15,16)17/h3-7H,1-2H3,(H,18,21). The molecule has 7 nitrogen and oxygen atoms in total. The van der Waals surface area contributed by atoms with E-state index in [9.17, 15) is 27.6 Å². The number of aromatic nitrogens is 2. The first-order chi connectivity index (χ1) is 11.1. The Morgan fingerprint density at radius 3 is 2.50 bits per heavy atom. The minimum Gasteiger partial charge on any atom is -0.406 e. The number of ether oxygens (including phenoxy) is 1. The highest BCUT2D eigenvalue weighted by Crippen LogP contribution is 2.25. The number of nitrogens with zero attached hydrogens (tertiary/aromatic N) is 2. The van der Waals surface area contributed by atoms with Gasteiger partial charge in [0.15, 0.2) is 0 Å². The number of carbonyl (C=O) groups excluding carboxylic acids is 1. The van der Waals surface area contributed by atoms with Crippen LogP contribution in [-0.4, -0.2) is 21.4 Å². The molecule has 1 amide bonds. The average Bonchev–Trinajstić information content (AvgIpc) is 2.47. The zero-order chi connectivity index (χ0) is 18.1. The smallest absolute Gasteiger partial charge is 0.406 e. The van der Waals surface area contributed by atoms with Crippen LogP contribution in [0.25, 0.3) is 0 Å². The van der Waals surface area contributed by atoms with Gasteiger partial charge in [0.1, 0.15) is 11.3 Å². The van der Waals surface area contributed by atoms with Crippen molar-refractivity contribution in [3.8, 4) is 5.75 Å². The van der Waals surface area contributed by atoms with Crippen molar-refractivity contribution >= 4 is 11.6 Å². The molecule has 0 aliphatic carbocycles. The first-order valence-corrected chi connectivity index (χ1v) is 6.52. The minimum absolute atomic E-state index is 0.00217. The van der Waals surface area contributed by atoms with Gasteiger partial charge in [-0.3, -0.25) is 14.2 Å². The molecule has 0 aliphatic heterocycles. The maximum absolute atomic E-state index is 12.2. The van der Waals surface area contributed by atoms with Gasteiger partial charge in [-0.15, -0.1) is 13.2 Å². The summed E-state index contributed by atoms with van der Waals surface area (Å²) in [5.41, 5.74) is -1.77. The largest absolute Gasteiger partial charge is 0.573 e. The van der Waals surface area contributed by atoms with Crippen LogP contribution in [0.2, 0.25) is 0 Å². The number of hydrogen-bond acceptors (Lipinski definition) is 4. The summed E-state index contributed by atoms with van der Waals surface area (Å²) in [6, 6.07) is 4.59. The van der Waals surface area contributed by atoms with Gasteiger partial charge in [-0.05, 0) is 12.1 Å². The lowest BCUT2D eigenvalue weighted by Gasteiger charge is -2.11. The number of carbonyl (C=O) groups is 1. The van der Waals surface area contributed by atoms with E-state index in [1.54, 1.807) is 0 Å². The van der Waals surface area contributed by atoms with Gasteiger partial charge in [0.25, 0.3) is 11.5 Å². The zero-order valence-corrected chi connectivity index (χ0v) is 12.5. The highest BCUT2D eigenvalue weighted by Gasteiger charge is 2.31. The van der Waals surface area contributed by atoms with E-state index in [0.29, 0.717) is 0 Å². The van der Waals surface area contributed by atoms with Crippen LogP contribution >= 0.6 is 0 Å². The molecule has 0 fully saturated rings. The second-order valence-electron chi connectivity index (χ2n) is 4.83. The van der Waals surface area contributed by atoms with E-state index in [1.807, 2.05) is 0 Å². The van der Waals surface area contributed by atoms with Gasteiger partial charge in [-0.1, -0.05) is 6.07 Å². The number of aryl methyl sites for hydroxylation is 1. The lowest BCUT2D eigenvalue weighted by molar-refractivity contribution is -0.274. The number of rotatable bonds is 3. The van der Waals surface area contributed by atoms with E-state index in [4.69, 9.17) is 0 Å². The fourth-order valence-electron chi connectivity index (χ4n) is 1.93. The summed E-state index contributed by atoms with van der Waals surface area (Å²) < 4.78 is 42.1. The molecule has 10 heteroatoms. The third-order valence-electron chi connectivity index (χ3n) is 3.02. The summed E-state index contributed by atoms with van der Waals surface area (Å²) in [6.45, 7) is 0. The average molecular weight is 343 g/mol. The molecule has 0 radical (unpaired) electrons. The first kappa shape index (κ1) is 17.3. The van der Waals surface area contributed by atoms with Crippen LogP contribution in [0.4, 0.5) is 18.9 Å². The topological polar surface area (TPSA) is 82.3 Å². The van der Waals surface area contributed by atoms with Crippen molar-refractivity contribution in [3.05, 3.63) is 56.9 Å². The molecule has 1 heterocycles. The number of hydrogen-bond donors (Lipinski definition) is 1. The molecular weight excluding hydrogens is 331 g/mol. The monoisotopic (exact) mass is 343 g/mol. The lowest BCUT2D eigenvalue weighted by Crippen LogP contribution is -2.40. The molecule has 0 unspecified atom stereocenters. The molecule has 24 heavy (non-hydrogen) atoms. The van der Waals surface area contributed by atoms with Gasteiger partial charge in [-0.2, -0.15) is 0 Å². The molecule has 128 valence electrons. The Labute approximate surface area is 132 Å². The molecular formula is C14H12F3N3O4. The fourth-order valence-corrected chi connectivity index (χ4v) is 1.93. The summed E-state index contributed by atoms with van der Waals surface area (Å²) in [6.07, 6.45) is -3.81. The summed E-state index contributed by atoms with van der Waals surface area (Å²) in [5.74, 6) is -1.39. The Kier molecular flexibility index (Phi) is 4.49. The van der Waals surface area contributed by atoms with Crippen LogP contribution < -0.4 is 21.3 Å². The van der Waals surface area contributed by atoms with Crippen LogP contribution in [-0.2, 0) is 14.1 Å². The van der Waals surface area contributed by atoms with E-state index in [1.165, 1.54) is 26.2 Å². The van der Waals surface area contributed by atoms with Crippen molar-refractivity contribution in [2.75, 3.05) is 5.32 Å². The van der Waals surface area contributed by atoms with Crippen LogP contribution in [0, 0.1) is 0 Å². The van der Waals surface area contributed by atoms with Crippen molar-refractivity contribution < 1.29 is 22.7 Å². The molecule has 0 spiro atoms. The molecule has 2 aromatic rings. The number of nitrogens with one attached hydrogen (secondary N) is 1. The quantitative estimate of drug-likeness (QED) is 0.909. The summed E-state index contributed by atoms with van der Waals surface area (Å²) in [7, 11) is 2.57. The van der Waals surface area contributed by atoms with Crippen LogP contribution in [0.3, 0.4) is 0 Å². The molecule has 0 saturated carbocycles. The van der Waals surface area contributed by atoms with Crippen LogP contribution in [0.1, 0.15) is 10.4 Å². The van der Waals surface area contributed by atoms with E-state index < -0.39 is 29.3 Å². The highest BCUT2D eigenvalue weighted by atomic mass is 19.4. The Morgan fingerprint density at radius 1 is 1.21 bits per heavy atom. The number of benzene rings is 1. The van der Waals surface area contributed by atoms with Crippen molar-refractivity contribution in [1.82, 2.24) is 9.13 Å². The van der Waals surface area contributed by atoms with Crippen molar-refractivity contribution in [2.45, 2.75) is 6.36 Å². The second-order valence-corrected chi connectivity index (χ2v) is 4.83. The highest BCUT2D eigenvalue weighted by molar-refractivity contribution is 6.03. The SMILES string of the molecule is Cn1cc(C(=O)Nc2cccc(OC(F)(F)F)c2)c(=O)n(C)c1=O. The third kappa shape index (κ3) is 3.83. The molecule has 2 rings (SSSR count). The zero-order valence-electron chi connectivity index (χ0n) is 12.5. The van der Waals surface area contributed by atoms with Gasteiger partial charge in [0, 0.05) is 32.0 Å². The molecule has 1 N–H and O–H groups in total. The van der Waals surface area contributed by atoms with Gasteiger partial charge in [-0.25, -0.2) is 4.79 Å². The van der Waals surface area contributed by atoms with Crippen LogP contribution in [0.15, 0.2) is 40.1 Å². The van der Waals surface area contributed by atoms with Crippen molar-refractivity contribution in [3.63, 3.8) is 0 Å². The van der Waals surface area contributed by atoms with Gasteiger partial charge >= 0.3 is 12.1 Å². The Hall–Kier alpha value is -3.04. The maximum Gasteiger partial charge on any atom is 0.573 e. The minimum atomic E-state index is -4.86. The number of anilines is 1. The Bertz CT molecular complexity index is 899. The van der Waals surface area contributed by atoms with Gasteiger partial charge in [0.05, 0.1) is 0 Å². The lowest BCUT2D eigenvalue weighted by atomic mass is 10.2. The number of halogens is 3. The van der Waals surface area contributed by atoms with E-state index in [-0.39, 0.29) is 11.3 Å². The Morgan fingerprint density at radius 2 is 1.88 bits per heavy atom. The van der Waals surface area contributed by atoms with E-state index in [0.717, 1.165) is 27.5 Å². The normalized spacial score (nSPS) is 11.2. The predicted molar refractivity (Wildman–Crippen MR) is 78.0 cm³/mol. The molecule has 0 saturated heterocycles. The summed E-state index contributed by atoms with van der Waals surface area (Å²) in [5, 5.41) is 2.28. The summed E-state index contributed by atoms with van der Waals surface area (Å²) >= 11 is 0. The molecule has 1 aromatic carbocycles. The fraction of sp³-hybridized carbons (Fsp3) is 0.214. The molecule has 0 atom stereocenters. The first-order valence-electron chi connectivity index (χ1n) is 6.52.